The van der Waals surface area contributed by atoms with E-state index in [-0.39, 0.29) is 5.56 Å². The average Bonchev–Trinajstić information content (AvgIpc) is 3.26. The number of benzene rings is 4. The van der Waals surface area contributed by atoms with E-state index in [1.54, 1.807) is 12.1 Å². The Morgan fingerprint density at radius 1 is 0.676 bits per heavy atom. The molecule has 0 unspecified atom stereocenters. The highest BCUT2D eigenvalue weighted by Crippen LogP contribution is 2.29. The molecule has 2 nitrogen and oxygen atoms in total. The van der Waals surface area contributed by atoms with Crippen LogP contribution in [0.4, 0.5) is 13.2 Å². The number of nitrogens with one attached hydrogen (secondary N) is 1. The molecule has 5 rings (SSSR count). The van der Waals surface area contributed by atoms with Gasteiger partial charge in [0, 0.05) is 27.9 Å². The van der Waals surface area contributed by atoms with Crippen molar-refractivity contribution in [2.75, 3.05) is 6.61 Å². The summed E-state index contributed by atoms with van der Waals surface area (Å²) in [5.41, 5.74) is 3.75. The van der Waals surface area contributed by atoms with Crippen LogP contribution in [0.3, 0.4) is 0 Å². The second kappa shape index (κ2) is 10.8. The third-order valence-electron chi connectivity index (χ3n) is 6.40. The molecule has 4 aromatic carbocycles. The lowest BCUT2D eigenvalue weighted by atomic mass is 10.0. The van der Waals surface area contributed by atoms with Gasteiger partial charge in [-0.05, 0) is 66.1 Å². The number of ether oxygens (including phenoxy) is 1. The lowest BCUT2D eigenvalue weighted by molar-refractivity contribution is 0.305. The Labute approximate surface area is 214 Å². The van der Waals surface area contributed by atoms with Crippen LogP contribution in [0.2, 0.25) is 0 Å². The molecule has 0 saturated heterocycles. The number of hydrogen-bond acceptors (Lipinski definition) is 1. The molecule has 5 aromatic rings. The molecule has 5 heteroatoms. The number of aromatic nitrogens is 1. The average molecular weight is 498 g/mol. The summed E-state index contributed by atoms with van der Waals surface area (Å²) in [5.74, 6) is 4.32. The van der Waals surface area contributed by atoms with E-state index in [0.717, 1.165) is 51.7 Å². The van der Waals surface area contributed by atoms with Crippen molar-refractivity contribution < 1.29 is 17.9 Å². The minimum absolute atomic E-state index is 0.226. The first-order valence-electron chi connectivity index (χ1n) is 12.5. The number of aromatic amines is 1. The topological polar surface area (TPSA) is 25.0 Å². The van der Waals surface area contributed by atoms with Crippen molar-refractivity contribution in [2.24, 2.45) is 0 Å². The SMILES string of the molecule is CCCCCCOc1ccc2c(c1)[nH]c1cc(C#Cc3ccc(-c4ccc(F)c(F)c4)cc3F)ccc12. The zero-order valence-electron chi connectivity index (χ0n) is 20.5. The van der Waals surface area contributed by atoms with Crippen LogP contribution >= 0.6 is 0 Å². The van der Waals surface area contributed by atoms with Crippen LogP contribution in [0, 0.1) is 29.3 Å². The van der Waals surface area contributed by atoms with E-state index in [1.165, 1.54) is 31.4 Å². The number of halogens is 3. The van der Waals surface area contributed by atoms with Gasteiger partial charge in [0.15, 0.2) is 11.6 Å². The fraction of sp³-hybridized carbons (Fsp3) is 0.188. The smallest absolute Gasteiger partial charge is 0.159 e. The van der Waals surface area contributed by atoms with Gasteiger partial charge in [0.1, 0.15) is 11.6 Å². The van der Waals surface area contributed by atoms with Crippen molar-refractivity contribution in [3.63, 3.8) is 0 Å². The summed E-state index contributed by atoms with van der Waals surface area (Å²) in [6, 6.07) is 19.9. The standard InChI is InChI=1S/C32H26F3NO/c1-2-3-4-5-16-37-25-12-14-27-26-13-7-21(17-31(26)36-32(27)20-25)6-8-22-9-10-23(18-29(22)34)24-11-15-28(33)30(35)19-24/h7,9-15,17-20,36H,2-5,16H2,1H3. The number of hydrogen-bond donors (Lipinski definition) is 1. The predicted molar refractivity (Wildman–Crippen MR) is 143 cm³/mol. The summed E-state index contributed by atoms with van der Waals surface area (Å²) >= 11 is 0. The Balaban J connectivity index is 1.35. The first kappa shape index (κ1) is 24.5. The highest BCUT2D eigenvalue weighted by molar-refractivity contribution is 6.07. The molecule has 1 aromatic heterocycles. The predicted octanol–water partition coefficient (Wildman–Crippen LogP) is 8.76. The Bertz CT molecular complexity index is 1640. The molecule has 1 heterocycles. The van der Waals surface area contributed by atoms with Gasteiger partial charge in [-0.25, -0.2) is 13.2 Å². The molecule has 0 atom stereocenters. The summed E-state index contributed by atoms with van der Waals surface area (Å²) in [4.78, 5) is 3.43. The zero-order chi connectivity index (χ0) is 25.8. The summed E-state index contributed by atoms with van der Waals surface area (Å²) in [6.45, 7) is 2.90. The van der Waals surface area contributed by atoms with E-state index in [9.17, 15) is 13.2 Å². The highest BCUT2D eigenvalue weighted by atomic mass is 19.2. The third-order valence-corrected chi connectivity index (χ3v) is 6.40. The van der Waals surface area contributed by atoms with Crippen molar-refractivity contribution in [1.82, 2.24) is 4.98 Å². The normalized spacial score (nSPS) is 11.0. The first-order valence-corrected chi connectivity index (χ1v) is 12.5. The van der Waals surface area contributed by atoms with Gasteiger partial charge in [0.05, 0.1) is 17.7 Å². The van der Waals surface area contributed by atoms with E-state index in [0.29, 0.717) is 17.7 Å². The van der Waals surface area contributed by atoms with Crippen LogP contribution in [0.15, 0.2) is 72.8 Å². The molecule has 37 heavy (non-hydrogen) atoms. The lowest BCUT2D eigenvalue weighted by Crippen LogP contribution is -1.96. The summed E-state index contributed by atoms with van der Waals surface area (Å²) in [5, 5.41) is 2.18. The second-order valence-electron chi connectivity index (χ2n) is 9.08. The van der Waals surface area contributed by atoms with Crippen LogP contribution in [0.1, 0.15) is 43.7 Å². The van der Waals surface area contributed by atoms with Crippen molar-refractivity contribution in [3.05, 3.63) is 101 Å². The highest BCUT2D eigenvalue weighted by Gasteiger charge is 2.09. The van der Waals surface area contributed by atoms with Crippen molar-refractivity contribution in [2.45, 2.75) is 32.6 Å². The molecular formula is C32H26F3NO. The van der Waals surface area contributed by atoms with Crippen molar-refractivity contribution in [1.29, 1.82) is 0 Å². The monoisotopic (exact) mass is 497 g/mol. The van der Waals surface area contributed by atoms with Gasteiger partial charge in [0.25, 0.3) is 0 Å². The zero-order valence-corrected chi connectivity index (χ0v) is 20.5. The molecule has 0 amide bonds. The summed E-state index contributed by atoms with van der Waals surface area (Å²) in [6.07, 6.45) is 4.66. The number of fused-ring (bicyclic) bond motifs is 3. The third kappa shape index (κ3) is 5.49. The summed E-state index contributed by atoms with van der Waals surface area (Å²) < 4.78 is 47.4. The van der Waals surface area contributed by atoms with E-state index in [4.69, 9.17) is 4.74 Å². The largest absolute Gasteiger partial charge is 0.494 e. The van der Waals surface area contributed by atoms with Gasteiger partial charge in [-0.15, -0.1) is 0 Å². The fourth-order valence-corrected chi connectivity index (χ4v) is 4.39. The van der Waals surface area contributed by atoms with Gasteiger partial charge in [-0.1, -0.05) is 56.2 Å². The van der Waals surface area contributed by atoms with E-state index < -0.39 is 17.5 Å². The molecule has 0 aliphatic rings. The second-order valence-corrected chi connectivity index (χ2v) is 9.08. The molecule has 0 fully saturated rings. The molecule has 186 valence electrons. The van der Waals surface area contributed by atoms with Crippen LogP contribution in [-0.2, 0) is 0 Å². The van der Waals surface area contributed by atoms with E-state index >= 15 is 0 Å². The van der Waals surface area contributed by atoms with Crippen molar-refractivity contribution >= 4 is 21.8 Å². The van der Waals surface area contributed by atoms with Crippen molar-refractivity contribution in [3.8, 4) is 28.7 Å². The Hall–Kier alpha value is -4.17. The maximum atomic E-state index is 14.7. The Morgan fingerprint density at radius 3 is 2.16 bits per heavy atom. The maximum Gasteiger partial charge on any atom is 0.159 e. The lowest BCUT2D eigenvalue weighted by Gasteiger charge is -2.05. The minimum Gasteiger partial charge on any atom is -0.494 e. The molecule has 0 spiro atoms. The minimum atomic E-state index is -0.972. The maximum absolute atomic E-state index is 14.7. The molecule has 0 radical (unpaired) electrons. The molecule has 1 N–H and O–H groups in total. The van der Waals surface area contributed by atoms with Crippen LogP contribution in [0.5, 0.6) is 5.75 Å². The van der Waals surface area contributed by atoms with Crippen LogP contribution in [-0.4, -0.2) is 11.6 Å². The first-order chi connectivity index (χ1) is 18.0. The quantitative estimate of drug-likeness (QED) is 0.176. The van der Waals surface area contributed by atoms with Gasteiger partial charge < -0.3 is 9.72 Å². The molecular weight excluding hydrogens is 471 g/mol. The van der Waals surface area contributed by atoms with E-state index in [2.05, 4.69) is 29.8 Å². The number of unbranched alkanes of at least 4 members (excludes halogenated alkanes) is 3. The Kier molecular flexibility index (Phi) is 7.18. The molecule has 0 aliphatic heterocycles. The van der Waals surface area contributed by atoms with Gasteiger partial charge in [-0.3, -0.25) is 0 Å². The number of rotatable bonds is 7. The number of H-pyrrole nitrogens is 1. The summed E-state index contributed by atoms with van der Waals surface area (Å²) in [7, 11) is 0. The van der Waals surface area contributed by atoms with Crippen LogP contribution in [0.25, 0.3) is 32.9 Å². The van der Waals surface area contributed by atoms with Gasteiger partial charge in [-0.2, -0.15) is 0 Å². The molecule has 0 bridgehead atoms. The van der Waals surface area contributed by atoms with Gasteiger partial charge in [0.2, 0.25) is 0 Å². The molecule has 0 aliphatic carbocycles. The Morgan fingerprint density at radius 2 is 1.41 bits per heavy atom. The fourth-order valence-electron chi connectivity index (χ4n) is 4.39. The van der Waals surface area contributed by atoms with Crippen LogP contribution < -0.4 is 4.74 Å². The van der Waals surface area contributed by atoms with Gasteiger partial charge >= 0.3 is 0 Å². The van der Waals surface area contributed by atoms with E-state index in [1.807, 2.05) is 30.3 Å². The molecule has 0 saturated carbocycles.